The molecular weight excluding hydrogens is 457 g/mol. The number of aromatic nitrogens is 2. The van der Waals surface area contributed by atoms with Gasteiger partial charge in [-0.3, -0.25) is 0 Å². The lowest BCUT2D eigenvalue weighted by molar-refractivity contribution is -0.643. The summed E-state index contributed by atoms with van der Waals surface area (Å²) < 4.78 is 46.7. The summed E-state index contributed by atoms with van der Waals surface area (Å²) in [6.07, 6.45) is -2.34. The summed E-state index contributed by atoms with van der Waals surface area (Å²) >= 11 is 0. The van der Waals surface area contributed by atoms with E-state index in [-0.39, 0.29) is 6.42 Å². The first-order valence-electron chi connectivity index (χ1n) is 12.4. The maximum absolute atomic E-state index is 14.1. The van der Waals surface area contributed by atoms with E-state index in [1.807, 2.05) is 25.3 Å². The van der Waals surface area contributed by atoms with Crippen LogP contribution in [0.4, 0.5) is 13.2 Å². The quantitative estimate of drug-likeness (QED) is 0.132. The van der Waals surface area contributed by atoms with Gasteiger partial charge in [-0.15, -0.1) is 0 Å². The molecule has 0 saturated carbocycles. The Morgan fingerprint density at radius 2 is 1.56 bits per heavy atom. The second-order valence-electron chi connectivity index (χ2n) is 11.3. The summed E-state index contributed by atoms with van der Waals surface area (Å²) in [5.41, 5.74) is 7.94. The van der Waals surface area contributed by atoms with Crippen LogP contribution in [0.3, 0.4) is 0 Å². The molecule has 0 aliphatic rings. The van der Waals surface area contributed by atoms with Crippen LogP contribution in [0.25, 0.3) is 49.0 Å². The third kappa shape index (κ3) is 2.89. The van der Waals surface area contributed by atoms with Crippen LogP contribution in [0.15, 0.2) is 42.6 Å². The molecule has 0 spiro atoms. The highest BCUT2D eigenvalue weighted by atomic mass is 19.4. The summed E-state index contributed by atoms with van der Waals surface area (Å²) in [4.78, 5) is 0. The summed E-state index contributed by atoms with van der Waals surface area (Å²) in [6, 6.07) is 12.6. The fourth-order valence-electron chi connectivity index (χ4n) is 6.16. The lowest BCUT2D eigenvalue weighted by Gasteiger charge is -2.28. The van der Waals surface area contributed by atoms with Crippen LogP contribution in [-0.4, -0.2) is 10.6 Å². The highest BCUT2D eigenvalue weighted by Crippen LogP contribution is 2.47. The molecule has 0 radical (unpaired) electrons. The van der Waals surface area contributed by atoms with Crippen LogP contribution >= 0.6 is 0 Å². The molecule has 0 saturated heterocycles. The Labute approximate surface area is 208 Å². The molecule has 3 aromatic heterocycles. The fourth-order valence-corrected chi connectivity index (χ4v) is 6.16. The minimum Gasteiger partial charge on any atom is -0.307 e. The number of rotatable bonds is 2. The summed E-state index contributed by atoms with van der Waals surface area (Å²) in [6.45, 7) is 11.1. The predicted molar refractivity (Wildman–Crippen MR) is 142 cm³/mol. The Bertz CT molecular complexity index is 1870. The zero-order chi connectivity index (χ0) is 25.9. The summed E-state index contributed by atoms with van der Waals surface area (Å²) in [5, 5.41) is 5.25. The first kappa shape index (κ1) is 23.1. The lowest BCUT2D eigenvalue weighted by atomic mass is 9.82. The van der Waals surface area contributed by atoms with Crippen molar-refractivity contribution < 1.29 is 17.7 Å². The molecule has 0 bridgehead atoms. The molecule has 0 unspecified atom stereocenters. The van der Waals surface area contributed by atoms with Crippen molar-refractivity contribution in [2.45, 2.75) is 54.1 Å². The predicted octanol–water partition coefficient (Wildman–Crippen LogP) is 8.18. The first-order valence-corrected chi connectivity index (χ1v) is 12.4. The van der Waals surface area contributed by atoms with E-state index in [2.05, 4.69) is 61.1 Å². The fraction of sp³-hybridized carbons (Fsp3) is 0.323. The molecule has 0 aliphatic carbocycles. The molecule has 184 valence electrons. The SMILES string of the molecule is Cc1ccc2c(c1)c1c(CC(C)(C)C(F)(F)F)cc3cc[n+](C)c4c5c(C)c(C)cc(C)c5n2c1c34. The van der Waals surface area contributed by atoms with Crippen molar-refractivity contribution in [1.82, 2.24) is 4.40 Å². The van der Waals surface area contributed by atoms with Crippen molar-refractivity contribution in [3.8, 4) is 0 Å². The van der Waals surface area contributed by atoms with E-state index >= 15 is 0 Å². The Balaban J connectivity index is 1.97. The zero-order valence-electron chi connectivity index (χ0n) is 21.8. The monoisotopic (exact) mass is 487 g/mol. The van der Waals surface area contributed by atoms with Crippen molar-refractivity contribution in [3.63, 3.8) is 0 Å². The van der Waals surface area contributed by atoms with Crippen molar-refractivity contribution in [3.05, 3.63) is 70.4 Å². The number of hydrogen-bond acceptors (Lipinski definition) is 0. The molecule has 0 N–H and O–H groups in total. The van der Waals surface area contributed by atoms with Crippen LogP contribution in [0.2, 0.25) is 0 Å². The van der Waals surface area contributed by atoms with Gasteiger partial charge in [0.2, 0.25) is 5.52 Å². The molecule has 36 heavy (non-hydrogen) atoms. The highest BCUT2D eigenvalue weighted by Gasteiger charge is 2.47. The normalized spacial score (nSPS) is 13.4. The van der Waals surface area contributed by atoms with Gasteiger partial charge in [-0.1, -0.05) is 31.5 Å². The van der Waals surface area contributed by atoms with Gasteiger partial charge in [-0.25, -0.2) is 4.57 Å². The first-order chi connectivity index (χ1) is 16.8. The van der Waals surface area contributed by atoms with E-state index in [0.29, 0.717) is 0 Å². The van der Waals surface area contributed by atoms with E-state index in [4.69, 9.17) is 0 Å². The van der Waals surface area contributed by atoms with E-state index in [9.17, 15) is 13.2 Å². The third-order valence-corrected chi connectivity index (χ3v) is 8.24. The third-order valence-electron chi connectivity index (χ3n) is 8.24. The number of alkyl halides is 3. The molecule has 0 aliphatic heterocycles. The average Bonchev–Trinajstić information content (AvgIpc) is 3.11. The average molecular weight is 488 g/mol. The van der Waals surface area contributed by atoms with Gasteiger partial charge >= 0.3 is 6.18 Å². The molecule has 3 aromatic carbocycles. The number of fused-ring (bicyclic) bond motifs is 6. The molecule has 6 aromatic rings. The number of benzene rings is 3. The maximum atomic E-state index is 14.1. The van der Waals surface area contributed by atoms with Gasteiger partial charge in [-0.05, 0) is 80.0 Å². The second kappa shape index (κ2) is 7.12. The van der Waals surface area contributed by atoms with Crippen molar-refractivity contribution >= 4 is 49.0 Å². The van der Waals surface area contributed by atoms with Gasteiger partial charge in [0.1, 0.15) is 7.05 Å². The van der Waals surface area contributed by atoms with Crippen LogP contribution in [0.5, 0.6) is 0 Å². The Kier molecular flexibility index (Phi) is 4.56. The molecule has 6 rings (SSSR count). The lowest BCUT2D eigenvalue weighted by Crippen LogP contribution is -2.34. The van der Waals surface area contributed by atoms with E-state index in [0.717, 1.165) is 60.3 Å². The smallest absolute Gasteiger partial charge is 0.307 e. The second-order valence-corrected chi connectivity index (χ2v) is 11.3. The Morgan fingerprint density at radius 3 is 2.25 bits per heavy atom. The number of halogens is 3. The van der Waals surface area contributed by atoms with Crippen molar-refractivity contribution in [1.29, 1.82) is 0 Å². The van der Waals surface area contributed by atoms with Gasteiger partial charge in [-0.2, -0.15) is 13.2 Å². The Morgan fingerprint density at radius 1 is 0.833 bits per heavy atom. The standard InChI is InChI=1S/C31H30F3N2/c1-16-8-9-23-22(12-16)25-21(15-30(5,6)31(32,33)34)14-20-10-11-35(7)28-24-19(4)17(2)13-18(3)27(24)36(23)29(25)26(20)28/h8-14H,15H2,1-7H3/q+1. The van der Waals surface area contributed by atoms with Crippen LogP contribution in [-0.2, 0) is 13.5 Å². The van der Waals surface area contributed by atoms with Gasteiger partial charge in [0.25, 0.3) is 0 Å². The van der Waals surface area contributed by atoms with Crippen LogP contribution in [0, 0.1) is 33.1 Å². The van der Waals surface area contributed by atoms with E-state index in [1.165, 1.54) is 30.4 Å². The number of hydrogen-bond donors (Lipinski definition) is 0. The van der Waals surface area contributed by atoms with Crippen molar-refractivity contribution in [2.75, 3.05) is 0 Å². The van der Waals surface area contributed by atoms with E-state index < -0.39 is 11.6 Å². The van der Waals surface area contributed by atoms with E-state index in [1.54, 1.807) is 0 Å². The molecule has 0 amide bonds. The van der Waals surface area contributed by atoms with Crippen molar-refractivity contribution in [2.24, 2.45) is 12.5 Å². The zero-order valence-corrected chi connectivity index (χ0v) is 21.8. The van der Waals surface area contributed by atoms with Crippen LogP contribution in [0.1, 0.15) is 41.7 Å². The number of aryl methyl sites for hydroxylation is 5. The minimum absolute atomic E-state index is 0.0783. The summed E-state index contributed by atoms with van der Waals surface area (Å²) in [5.74, 6) is 0. The van der Waals surface area contributed by atoms with Gasteiger partial charge in [0, 0.05) is 16.8 Å². The summed E-state index contributed by atoms with van der Waals surface area (Å²) in [7, 11) is 2.06. The number of pyridine rings is 2. The Hall–Kier alpha value is -3.34. The topological polar surface area (TPSA) is 8.29 Å². The highest BCUT2D eigenvalue weighted by molar-refractivity contribution is 6.28. The van der Waals surface area contributed by atoms with Gasteiger partial charge in [0.15, 0.2) is 6.20 Å². The molecule has 5 heteroatoms. The molecule has 3 heterocycles. The largest absolute Gasteiger partial charge is 0.394 e. The number of nitrogens with zero attached hydrogens (tertiary/aromatic N) is 2. The van der Waals surface area contributed by atoms with Gasteiger partial charge in [0.05, 0.1) is 32.7 Å². The molecule has 0 atom stereocenters. The van der Waals surface area contributed by atoms with Gasteiger partial charge < -0.3 is 4.40 Å². The van der Waals surface area contributed by atoms with Crippen LogP contribution < -0.4 is 4.57 Å². The maximum Gasteiger partial charge on any atom is 0.394 e. The molecule has 0 fully saturated rings. The minimum atomic E-state index is -4.30. The molecular formula is C31H30F3N2+. The molecule has 2 nitrogen and oxygen atoms in total.